The summed E-state index contributed by atoms with van der Waals surface area (Å²) in [5.74, 6) is 0.0433. The van der Waals surface area contributed by atoms with Crippen molar-refractivity contribution in [1.29, 1.82) is 0 Å². The third-order valence-corrected chi connectivity index (χ3v) is 4.08. The molecule has 1 unspecified atom stereocenters. The minimum Gasteiger partial charge on any atom is -0.330 e. The molecule has 1 atom stereocenters. The van der Waals surface area contributed by atoms with Gasteiger partial charge in [-0.2, -0.15) is 0 Å². The van der Waals surface area contributed by atoms with E-state index in [1.165, 1.54) is 11.1 Å². The smallest absolute Gasteiger partial charge is 0.272 e. The fourth-order valence-corrected chi connectivity index (χ4v) is 2.95. The van der Waals surface area contributed by atoms with Crippen LogP contribution in [0.15, 0.2) is 42.5 Å². The zero-order valence-electron chi connectivity index (χ0n) is 12.5. The molecule has 2 heterocycles. The second-order valence-electron chi connectivity index (χ2n) is 5.73. The molecular weight excluding hydrogens is 260 g/mol. The standard InChI is InChI=1S/C18H20N2O/c1-13-8-10-15(11-9-13)17-7-4-12-20(17)18(21)16-6-3-5-14(2)19-16/h3,5-6,8-11,17H,4,7,12H2,1-2H3. The van der Waals surface area contributed by atoms with Crippen molar-refractivity contribution >= 4 is 5.91 Å². The summed E-state index contributed by atoms with van der Waals surface area (Å²) >= 11 is 0. The van der Waals surface area contributed by atoms with Crippen LogP contribution in [-0.2, 0) is 0 Å². The monoisotopic (exact) mass is 280 g/mol. The Morgan fingerprint density at radius 1 is 1.14 bits per heavy atom. The highest BCUT2D eigenvalue weighted by Crippen LogP contribution is 2.33. The van der Waals surface area contributed by atoms with Gasteiger partial charge in [0, 0.05) is 12.2 Å². The van der Waals surface area contributed by atoms with E-state index in [1.54, 1.807) is 6.07 Å². The van der Waals surface area contributed by atoms with Crippen LogP contribution >= 0.6 is 0 Å². The van der Waals surface area contributed by atoms with E-state index >= 15 is 0 Å². The lowest BCUT2D eigenvalue weighted by Gasteiger charge is -2.25. The minimum atomic E-state index is 0.0433. The van der Waals surface area contributed by atoms with Crippen molar-refractivity contribution in [3.63, 3.8) is 0 Å². The van der Waals surface area contributed by atoms with Crippen molar-refractivity contribution in [1.82, 2.24) is 9.88 Å². The molecule has 0 aliphatic carbocycles. The molecule has 3 heteroatoms. The Hall–Kier alpha value is -2.16. The van der Waals surface area contributed by atoms with Crippen molar-refractivity contribution in [2.45, 2.75) is 32.7 Å². The highest BCUT2D eigenvalue weighted by molar-refractivity contribution is 5.92. The van der Waals surface area contributed by atoms with Crippen LogP contribution in [0.3, 0.4) is 0 Å². The average molecular weight is 280 g/mol. The summed E-state index contributed by atoms with van der Waals surface area (Å²) in [6, 6.07) is 14.3. The van der Waals surface area contributed by atoms with Crippen molar-refractivity contribution in [2.24, 2.45) is 0 Å². The van der Waals surface area contributed by atoms with Crippen LogP contribution in [0, 0.1) is 13.8 Å². The molecule has 0 N–H and O–H groups in total. The molecule has 0 saturated carbocycles. The summed E-state index contributed by atoms with van der Waals surface area (Å²) < 4.78 is 0. The van der Waals surface area contributed by atoms with E-state index in [0.29, 0.717) is 5.69 Å². The van der Waals surface area contributed by atoms with Gasteiger partial charge < -0.3 is 4.90 Å². The fraction of sp³-hybridized carbons (Fsp3) is 0.333. The number of nitrogens with zero attached hydrogens (tertiary/aromatic N) is 2. The first-order valence-electron chi connectivity index (χ1n) is 7.46. The van der Waals surface area contributed by atoms with E-state index in [-0.39, 0.29) is 11.9 Å². The third kappa shape index (κ3) is 2.82. The number of rotatable bonds is 2. The second-order valence-corrected chi connectivity index (χ2v) is 5.73. The van der Waals surface area contributed by atoms with Crippen molar-refractivity contribution in [2.75, 3.05) is 6.54 Å². The van der Waals surface area contributed by atoms with E-state index in [0.717, 1.165) is 25.1 Å². The van der Waals surface area contributed by atoms with Gasteiger partial charge in [-0.15, -0.1) is 0 Å². The molecule has 2 aromatic rings. The van der Waals surface area contributed by atoms with E-state index in [2.05, 4.69) is 36.2 Å². The van der Waals surface area contributed by atoms with Crippen LogP contribution in [0.4, 0.5) is 0 Å². The van der Waals surface area contributed by atoms with Gasteiger partial charge in [0.1, 0.15) is 5.69 Å². The highest BCUT2D eigenvalue weighted by atomic mass is 16.2. The number of aromatic nitrogens is 1. The van der Waals surface area contributed by atoms with E-state index in [9.17, 15) is 4.79 Å². The Bertz CT molecular complexity index is 649. The Morgan fingerprint density at radius 3 is 2.62 bits per heavy atom. The van der Waals surface area contributed by atoms with Crippen LogP contribution in [0.2, 0.25) is 0 Å². The van der Waals surface area contributed by atoms with Crippen LogP contribution in [0.1, 0.15) is 46.2 Å². The lowest BCUT2D eigenvalue weighted by atomic mass is 10.0. The first kappa shape index (κ1) is 13.8. The Labute approximate surface area is 125 Å². The maximum Gasteiger partial charge on any atom is 0.272 e. The molecular formula is C18H20N2O. The molecule has 0 spiro atoms. The third-order valence-electron chi connectivity index (χ3n) is 4.08. The quantitative estimate of drug-likeness (QED) is 0.841. The molecule has 3 nitrogen and oxygen atoms in total. The first-order chi connectivity index (χ1) is 10.1. The molecule has 1 aliphatic rings. The lowest BCUT2D eigenvalue weighted by molar-refractivity contribution is 0.0729. The maximum atomic E-state index is 12.7. The van der Waals surface area contributed by atoms with Crippen LogP contribution in [0.5, 0.6) is 0 Å². The Balaban J connectivity index is 1.87. The number of hydrogen-bond acceptors (Lipinski definition) is 2. The number of pyridine rings is 1. The maximum absolute atomic E-state index is 12.7. The SMILES string of the molecule is Cc1ccc(C2CCCN2C(=O)c2cccc(C)n2)cc1. The van der Waals surface area contributed by atoms with Gasteiger partial charge in [-0.1, -0.05) is 35.9 Å². The number of benzene rings is 1. The number of aryl methyl sites for hydroxylation is 2. The number of likely N-dealkylation sites (tertiary alicyclic amines) is 1. The molecule has 3 rings (SSSR count). The number of amides is 1. The minimum absolute atomic E-state index is 0.0433. The highest BCUT2D eigenvalue weighted by Gasteiger charge is 2.31. The molecule has 21 heavy (non-hydrogen) atoms. The molecule has 1 amide bonds. The molecule has 1 aromatic carbocycles. The normalized spacial score (nSPS) is 18.0. The van der Waals surface area contributed by atoms with Crippen LogP contribution < -0.4 is 0 Å². The molecule has 1 aliphatic heterocycles. The summed E-state index contributed by atoms with van der Waals surface area (Å²) in [6.07, 6.45) is 2.08. The molecule has 1 fully saturated rings. The largest absolute Gasteiger partial charge is 0.330 e. The predicted molar refractivity (Wildman–Crippen MR) is 83.2 cm³/mol. The fourth-order valence-electron chi connectivity index (χ4n) is 2.95. The van der Waals surface area contributed by atoms with Crippen molar-refractivity contribution < 1.29 is 4.79 Å². The molecule has 0 radical (unpaired) electrons. The molecule has 108 valence electrons. The van der Waals surface area contributed by atoms with Gasteiger partial charge in [0.2, 0.25) is 0 Å². The summed E-state index contributed by atoms with van der Waals surface area (Å²) in [5, 5.41) is 0. The van der Waals surface area contributed by atoms with Crippen molar-refractivity contribution in [3.8, 4) is 0 Å². The van der Waals surface area contributed by atoms with E-state index in [1.807, 2.05) is 24.0 Å². The van der Waals surface area contributed by atoms with Gasteiger partial charge in [-0.25, -0.2) is 4.98 Å². The summed E-state index contributed by atoms with van der Waals surface area (Å²) in [4.78, 5) is 19.0. The Kier molecular flexibility index (Phi) is 3.74. The Morgan fingerprint density at radius 2 is 1.90 bits per heavy atom. The molecule has 1 saturated heterocycles. The summed E-state index contributed by atoms with van der Waals surface area (Å²) in [7, 11) is 0. The molecule has 1 aromatic heterocycles. The van der Waals surface area contributed by atoms with Gasteiger partial charge in [0.05, 0.1) is 6.04 Å². The van der Waals surface area contributed by atoms with Gasteiger partial charge in [-0.05, 0) is 44.4 Å². The number of hydrogen-bond donors (Lipinski definition) is 0. The zero-order valence-corrected chi connectivity index (χ0v) is 12.5. The van der Waals surface area contributed by atoms with Gasteiger partial charge in [0.25, 0.3) is 5.91 Å². The number of carbonyl (C=O) groups is 1. The van der Waals surface area contributed by atoms with Gasteiger partial charge >= 0.3 is 0 Å². The average Bonchev–Trinajstić information content (AvgIpc) is 2.96. The molecule has 0 bridgehead atoms. The van der Waals surface area contributed by atoms with E-state index in [4.69, 9.17) is 0 Å². The summed E-state index contributed by atoms with van der Waals surface area (Å²) in [6.45, 7) is 4.81. The first-order valence-corrected chi connectivity index (χ1v) is 7.46. The van der Waals surface area contributed by atoms with E-state index < -0.39 is 0 Å². The lowest BCUT2D eigenvalue weighted by Crippen LogP contribution is -2.31. The van der Waals surface area contributed by atoms with Crippen molar-refractivity contribution in [3.05, 3.63) is 65.0 Å². The van der Waals surface area contributed by atoms with Crippen LogP contribution in [0.25, 0.3) is 0 Å². The van der Waals surface area contributed by atoms with Gasteiger partial charge in [-0.3, -0.25) is 4.79 Å². The summed E-state index contributed by atoms with van der Waals surface area (Å²) in [5.41, 5.74) is 3.90. The zero-order chi connectivity index (χ0) is 14.8. The second kappa shape index (κ2) is 5.68. The topological polar surface area (TPSA) is 33.2 Å². The van der Waals surface area contributed by atoms with Crippen LogP contribution in [-0.4, -0.2) is 22.3 Å². The predicted octanol–water partition coefficient (Wildman–Crippen LogP) is 3.68. The number of carbonyl (C=O) groups excluding carboxylic acids is 1. The van der Waals surface area contributed by atoms with Gasteiger partial charge in [0.15, 0.2) is 0 Å².